The average molecular weight is 347 g/mol. The Morgan fingerprint density at radius 1 is 1.25 bits per heavy atom. The summed E-state index contributed by atoms with van der Waals surface area (Å²) in [7, 11) is 0. The Bertz CT molecular complexity index is 678. The topological polar surface area (TPSA) is 38.3 Å². The highest BCUT2D eigenvalue weighted by atomic mass is 32.2. The fourth-order valence-electron chi connectivity index (χ4n) is 2.13. The third kappa shape index (κ3) is 5.89. The van der Waals surface area contributed by atoms with Crippen LogP contribution in [0.1, 0.15) is 18.1 Å². The van der Waals surface area contributed by atoms with Gasteiger partial charge < -0.3 is 10.1 Å². The van der Waals surface area contributed by atoms with Crippen molar-refractivity contribution in [3.05, 3.63) is 65.5 Å². The molecule has 0 bridgehead atoms. The Morgan fingerprint density at radius 3 is 2.79 bits per heavy atom. The summed E-state index contributed by atoms with van der Waals surface area (Å²) in [5.41, 5.74) is 1.77. The number of thioether (sulfide) groups is 1. The highest BCUT2D eigenvalue weighted by molar-refractivity contribution is 7.98. The Kier molecular flexibility index (Phi) is 7.12. The molecule has 2 aromatic carbocycles. The van der Waals surface area contributed by atoms with Crippen molar-refractivity contribution in [3.8, 4) is 5.75 Å². The van der Waals surface area contributed by atoms with E-state index < -0.39 is 6.10 Å². The van der Waals surface area contributed by atoms with Crippen LogP contribution in [-0.4, -0.2) is 24.3 Å². The van der Waals surface area contributed by atoms with Crippen LogP contribution in [0, 0.1) is 12.7 Å². The molecule has 0 unspecified atom stereocenters. The minimum Gasteiger partial charge on any atom is -0.481 e. The molecule has 0 aromatic heterocycles. The van der Waals surface area contributed by atoms with Crippen molar-refractivity contribution in [1.29, 1.82) is 0 Å². The highest BCUT2D eigenvalue weighted by Crippen LogP contribution is 2.15. The lowest BCUT2D eigenvalue weighted by atomic mass is 10.2. The number of hydrogen-bond acceptors (Lipinski definition) is 3. The second-order valence-corrected chi connectivity index (χ2v) is 6.62. The molecule has 0 radical (unpaired) electrons. The van der Waals surface area contributed by atoms with Gasteiger partial charge in [0.05, 0.1) is 0 Å². The molecule has 0 saturated carbocycles. The molecule has 0 saturated heterocycles. The van der Waals surface area contributed by atoms with Gasteiger partial charge in [0, 0.05) is 18.1 Å². The number of aryl methyl sites for hydroxylation is 1. The minimum absolute atomic E-state index is 0.150. The van der Waals surface area contributed by atoms with Gasteiger partial charge in [0.1, 0.15) is 11.6 Å². The summed E-state index contributed by atoms with van der Waals surface area (Å²) in [5.74, 6) is 1.67. The molecule has 2 aromatic rings. The summed E-state index contributed by atoms with van der Waals surface area (Å²) in [5, 5.41) is 2.84. The zero-order chi connectivity index (χ0) is 17.4. The van der Waals surface area contributed by atoms with Gasteiger partial charge in [-0.2, -0.15) is 11.8 Å². The van der Waals surface area contributed by atoms with Crippen molar-refractivity contribution in [1.82, 2.24) is 5.32 Å². The van der Waals surface area contributed by atoms with Crippen molar-refractivity contribution < 1.29 is 13.9 Å². The standard InChI is InChI=1S/C19H22FNO2S/c1-14-6-5-8-17(12-14)23-15(2)19(22)21-10-11-24-13-16-7-3-4-9-18(16)20/h3-9,12,15H,10-11,13H2,1-2H3,(H,21,22)/t15-/m1/s1. The first-order valence-corrected chi connectivity index (χ1v) is 9.04. The molecule has 1 N–H and O–H groups in total. The van der Waals surface area contributed by atoms with E-state index in [0.29, 0.717) is 23.6 Å². The fraction of sp³-hybridized carbons (Fsp3) is 0.316. The quantitative estimate of drug-likeness (QED) is 0.735. The Balaban J connectivity index is 1.66. The highest BCUT2D eigenvalue weighted by Gasteiger charge is 2.14. The zero-order valence-electron chi connectivity index (χ0n) is 13.9. The molecule has 0 spiro atoms. The van der Waals surface area contributed by atoms with Gasteiger partial charge in [0.2, 0.25) is 0 Å². The van der Waals surface area contributed by atoms with Crippen molar-refractivity contribution in [2.24, 2.45) is 0 Å². The predicted octanol–water partition coefficient (Wildman–Crippen LogP) is 3.95. The van der Waals surface area contributed by atoms with Crippen LogP contribution in [0.3, 0.4) is 0 Å². The summed E-state index contributed by atoms with van der Waals surface area (Å²) in [6.45, 7) is 4.23. The number of nitrogens with one attached hydrogen (secondary N) is 1. The molecule has 24 heavy (non-hydrogen) atoms. The lowest BCUT2D eigenvalue weighted by Crippen LogP contribution is -2.37. The first-order valence-electron chi connectivity index (χ1n) is 7.88. The SMILES string of the molecule is Cc1cccc(O[C@H](C)C(=O)NCCSCc2ccccc2F)c1. The van der Waals surface area contributed by atoms with Gasteiger partial charge in [-0.15, -0.1) is 0 Å². The molecule has 0 fully saturated rings. The molecule has 1 amide bonds. The maximum absolute atomic E-state index is 13.5. The Hall–Kier alpha value is -2.01. The average Bonchev–Trinajstić information content (AvgIpc) is 2.56. The van der Waals surface area contributed by atoms with Crippen LogP contribution in [0.15, 0.2) is 48.5 Å². The van der Waals surface area contributed by atoms with Gasteiger partial charge in [-0.1, -0.05) is 30.3 Å². The maximum Gasteiger partial charge on any atom is 0.260 e. The number of hydrogen-bond donors (Lipinski definition) is 1. The number of rotatable bonds is 8. The largest absolute Gasteiger partial charge is 0.481 e. The third-order valence-electron chi connectivity index (χ3n) is 3.43. The van der Waals surface area contributed by atoms with E-state index in [-0.39, 0.29) is 11.7 Å². The third-order valence-corrected chi connectivity index (χ3v) is 4.44. The normalized spacial score (nSPS) is 11.8. The molecule has 0 aliphatic heterocycles. The van der Waals surface area contributed by atoms with Crippen LogP contribution in [0.25, 0.3) is 0 Å². The van der Waals surface area contributed by atoms with E-state index >= 15 is 0 Å². The van der Waals surface area contributed by atoms with Gasteiger partial charge in [-0.3, -0.25) is 4.79 Å². The van der Waals surface area contributed by atoms with Crippen molar-refractivity contribution in [2.45, 2.75) is 25.7 Å². The van der Waals surface area contributed by atoms with Gasteiger partial charge >= 0.3 is 0 Å². The zero-order valence-corrected chi connectivity index (χ0v) is 14.7. The van der Waals surface area contributed by atoms with Crippen molar-refractivity contribution in [3.63, 3.8) is 0 Å². The molecule has 0 aliphatic carbocycles. The van der Waals surface area contributed by atoms with Gasteiger partial charge in [-0.25, -0.2) is 4.39 Å². The predicted molar refractivity (Wildman–Crippen MR) is 96.8 cm³/mol. The van der Waals surface area contributed by atoms with Crippen molar-refractivity contribution >= 4 is 17.7 Å². The van der Waals surface area contributed by atoms with E-state index in [4.69, 9.17) is 4.74 Å². The number of carbonyl (C=O) groups excluding carboxylic acids is 1. The number of amides is 1. The molecule has 2 rings (SSSR count). The van der Waals surface area contributed by atoms with E-state index in [1.54, 1.807) is 30.8 Å². The van der Waals surface area contributed by atoms with Gasteiger partial charge in [0.15, 0.2) is 6.10 Å². The number of carbonyl (C=O) groups is 1. The fourth-order valence-corrected chi connectivity index (χ4v) is 2.98. The smallest absolute Gasteiger partial charge is 0.260 e. The van der Waals surface area contributed by atoms with E-state index in [1.165, 1.54) is 6.07 Å². The first kappa shape index (κ1) is 18.3. The van der Waals surface area contributed by atoms with Crippen LogP contribution in [-0.2, 0) is 10.5 Å². The Labute approximate surface area is 146 Å². The van der Waals surface area contributed by atoms with Crippen LogP contribution in [0.5, 0.6) is 5.75 Å². The number of benzene rings is 2. The molecule has 128 valence electrons. The lowest BCUT2D eigenvalue weighted by Gasteiger charge is -2.15. The van der Waals surface area contributed by atoms with E-state index in [9.17, 15) is 9.18 Å². The molecule has 1 atom stereocenters. The van der Waals surface area contributed by atoms with E-state index in [2.05, 4.69) is 5.32 Å². The number of ether oxygens (including phenoxy) is 1. The second kappa shape index (κ2) is 9.33. The monoisotopic (exact) mass is 347 g/mol. The van der Waals surface area contributed by atoms with Crippen LogP contribution >= 0.6 is 11.8 Å². The van der Waals surface area contributed by atoms with Gasteiger partial charge in [0.25, 0.3) is 5.91 Å². The maximum atomic E-state index is 13.5. The molecule has 0 heterocycles. The van der Waals surface area contributed by atoms with E-state index in [1.807, 2.05) is 37.3 Å². The lowest BCUT2D eigenvalue weighted by molar-refractivity contribution is -0.127. The summed E-state index contributed by atoms with van der Waals surface area (Å²) >= 11 is 1.58. The second-order valence-electron chi connectivity index (χ2n) is 5.51. The molecular weight excluding hydrogens is 325 g/mol. The van der Waals surface area contributed by atoms with Crippen LogP contribution < -0.4 is 10.1 Å². The molecule has 0 aliphatic rings. The first-order chi connectivity index (χ1) is 11.6. The Morgan fingerprint density at radius 2 is 2.04 bits per heavy atom. The molecule has 5 heteroatoms. The summed E-state index contributed by atoms with van der Waals surface area (Å²) in [4.78, 5) is 12.0. The van der Waals surface area contributed by atoms with E-state index in [0.717, 1.165) is 11.3 Å². The van der Waals surface area contributed by atoms with Crippen LogP contribution in [0.2, 0.25) is 0 Å². The minimum atomic E-state index is -0.552. The molecule has 3 nitrogen and oxygen atoms in total. The van der Waals surface area contributed by atoms with Crippen molar-refractivity contribution in [2.75, 3.05) is 12.3 Å². The number of halogens is 1. The van der Waals surface area contributed by atoms with Crippen LogP contribution in [0.4, 0.5) is 4.39 Å². The summed E-state index contributed by atoms with van der Waals surface area (Å²) in [6.07, 6.45) is -0.552. The summed E-state index contributed by atoms with van der Waals surface area (Å²) in [6, 6.07) is 14.3. The summed E-state index contributed by atoms with van der Waals surface area (Å²) < 4.78 is 19.1. The van der Waals surface area contributed by atoms with Gasteiger partial charge in [-0.05, 0) is 43.2 Å². The molecular formula is C19H22FNO2S.